The van der Waals surface area contributed by atoms with Gasteiger partial charge in [-0.15, -0.1) is 0 Å². The Kier molecular flexibility index (Phi) is 46.5. The van der Waals surface area contributed by atoms with Gasteiger partial charge in [-0.25, -0.2) is 28.4 Å². The molecule has 0 aromatic carbocycles. The van der Waals surface area contributed by atoms with E-state index in [9.17, 15) is 0 Å². The number of rotatable bonds is 23. The van der Waals surface area contributed by atoms with Crippen molar-refractivity contribution in [2.45, 2.75) is 24.4 Å². The summed E-state index contributed by atoms with van der Waals surface area (Å²) in [6.45, 7) is 2.40. The molecule has 0 saturated carbocycles. The average molecular weight is 1070 g/mol. The van der Waals surface area contributed by atoms with Gasteiger partial charge in [0.05, 0.1) is 90.5 Å². The van der Waals surface area contributed by atoms with Crippen LogP contribution in [-0.4, -0.2) is 148 Å². The van der Waals surface area contributed by atoms with Crippen LogP contribution in [0.4, 0.5) is 0 Å². The van der Waals surface area contributed by atoms with Crippen LogP contribution in [0.2, 0.25) is 0 Å². The number of aliphatic hydroxyl groups is 6. The average Bonchev–Trinajstić information content (AvgIpc) is 2.83. The minimum Gasteiger partial charge on any atom is -0.553 e. The molecule has 226 valence electrons. The van der Waals surface area contributed by atoms with Gasteiger partial charge in [-0.3, -0.25) is 0 Å². The van der Waals surface area contributed by atoms with E-state index in [0.29, 0.717) is 13.2 Å². The number of aliphatic hydroxyl groups excluding tert-OH is 6. The third-order valence-corrected chi connectivity index (χ3v) is 3.33. The fourth-order valence-electron chi connectivity index (χ4n) is 1.86. The predicted molar refractivity (Wildman–Crippen MR) is 127 cm³/mol. The van der Waals surface area contributed by atoms with E-state index < -0.39 is 24.4 Å². The minimum absolute atomic E-state index is 0. The Hall–Kier alpha value is -2.56. The van der Waals surface area contributed by atoms with Gasteiger partial charge in [0, 0.05) is 26.4 Å². The second kappa shape index (κ2) is 39.0. The fourth-order valence-corrected chi connectivity index (χ4v) is 1.86. The van der Waals surface area contributed by atoms with Crippen molar-refractivity contribution in [2.24, 2.45) is 0 Å². The molecule has 0 aliphatic rings. The summed E-state index contributed by atoms with van der Waals surface area (Å²) < 4.78 is 37.5. The molecule has 38 heavy (non-hydrogen) atoms. The van der Waals surface area contributed by atoms with Crippen molar-refractivity contribution in [1.82, 2.24) is 0 Å². The van der Waals surface area contributed by atoms with Gasteiger partial charge in [0.25, 0.3) is 0 Å². The van der Waals surface area contributed by atoms with Crippen LogP contribution in [0.25, 0.3) is 0 Å². The van der Waals surface area contributed by atoms with Crippen LogP contribution >= 0.6 is 0 Å². The largest absolute Gasteiger partial charge is 0.553 e. The van der Waals surface area contributed by atoms with Crippen LogP contribution in [0.1, 0.15) is 0 Å². The third-order valence-electron chi connectivity index (χ3n) is 3.33. The summed E-state index contributed by atoms with van der Waals surface area (Å²) in [6.07, 6.45) is -2.65. The maximum atomic E-state index is 9.17. The smallest absolute Gasteiger partial charge is 0.0976 e. The second-order valence-corrected chi connectivity index (χ2v) is 6.85. The molecule has 0 aliphatic heterocycles. The zero-order valence-electron chi connectivity index (χ0n) is 22.4. The SMILES string of the molecule is [CH2-]OCC(O)COCCO.[CH2-]OCC(O)COCCO.[CH2-]OCC(O)COCCOCC(O)CO[CH2-].[Rf].[Rf]. The van der Waals surface area contributed by atoms with Crippen molar-refractivity contribution < 1.29 is 68.5 Å². The molecule has 4 unspecified atom stereocenters. The monoisotopic (exact) mass is 1070 g/mol. The van der Waals surface area contributed by atoms with Gasteiger partial charge < -0.3 is 68.5 Å². The summed E-state index contributed by atoms with van der Waals surface area (Å²) in [5.74, 6) is 0. The molecule has 14 nitrogen and oxygen atoms in total. The fraction of sp³-hybridized carbons (Fsp3) is 0.818. The van der Waals surface area contributed by atoms with Gasteiger partial charge in [-0.2, -0.15) is 0 Å². The van der Waals surface area contributed by atoms with E-state index in [1.165, 1.54) is 0 Å². The summed E-state index contributed by atoms with van der Waals surface area (Å²) in [7, 11) is 12.4. The molecule has 0 saturated heterocycles. The van der Waals surface area contributed by atoms with E-state index in [1.54, 1.807) is 0 Å². The van der Waals surface area contributed by atoms with E-state index in [2.05, 4.69) is 47.4 Å². The molecule has 6 N–H and O–H groups in total. The van der Waals surface area contributed by atoms with Crippen molar-refractivity contribution >= 4 is 0 Å². The summed E-state index contributed by atoms with van der Waals surface area (Å²) in [5.41, 5.74) is 0. The van der Waals surface area contributed by atoms with Gasteiger partial charge in [-0.1, -0.05) is 0 Å². The zero-order valence-corrected chi connectivity index (χ0v) is 35.2. The summed E-state index contributed by atoms with van der Waals surface area (Å²) in [4.78, 5) is 0. The third kappa shape index (κ3) is 43.5. The molecular formula is C22H46O14Rf2-4. The quantitative estimate of drug-likeness (QED) is 0.0472. The van der Waals surface area contributed by atoms with Crippen LogP contribution in [0.5, 0.6) is 0 Å². The van der Waals surface area contributed by atoms with Crippen LogP contribution in [-0.2, 0) is 37.9 Å². The van der Waals surface area contributed by atoms with Crippen molar-refractivity contribution in [3.8, 4) is 0 Å². The van der Waals surface area contributed by atoms with Gasteiger partial charge in [0.2, 0.25) is 0 Å². The van der Waals surface area contributed by atoms with E-state index in [1.807, 2.05) is 0 Å². The molecule has 0 bridgehead atoms. The summed E-state index contributed by atoms with van der Waals surface area (Å²) in [5, 5.41) is 52.7. The first-order chi connectivity index (χ1) is 17.3. The molecule has 0 radical (unpaired) electrons. The molecule has 0 aliphatic carbocycles. The minimum atomic E-state index is -0.678. The maximum Gasteiger partial charge on any atom is 0.0976 e. The van der Waals surface area contributed by atoms with Crippen molar-refractivity contribution in [3.63, 3.8) is 0 Å². The molecule has 0 rings (SSSR count). The van der Waals surface area contributed by atoms with Gasteiger partial charge in [0.1, 0.15) is 0 Å². The predicted octanol–water partition coefficient (Wildman–Crippen LogP) is -2.31. The van der Waals surface area contributed by atoms with Crippen molar-refractivity contribution in [1.29, 1.82) is 0 Å². The molecular weight excluding hydrogens is 1020 g/mol. The Morgan fingerprint density at radius 2 is 0.605 bits per heavy atom. The van der Waals surface area contributed by atoms with Crippen molar-refractivity contribution in [2.75, 3.05) is 92.5 Å². The Bertz CT molecular complexity index is 358. The first-order valence-corrected chi connectivity index (χ1v) is 11.1. The second-order valence-electron chi connectivity index (χ2n) is 6.85. The molecule has 0 fully saturated rings. The van der Waals surface area contributed by atoms with Crippen molar-refractivity contribution in [3.05, 3.63) is 28.4 Å². The van der Waals surface area contributed by atoms with Crippen LogP contribution in [0, 0.1) is 28.4 Å². The first kappa shape index (κ1) is 45.4. The maximum absolute atomic E-state index is 9.17. The van der Waals surface area contributed by atoms with Gasteiger partial charge in [0.15, 0.2) is 0 Å². The molecule has 0 spiro atoms. The molecule has 0 aromatic heterocycles. The Labute approximate surface area is 214 Å². The molecule has 16 heteroatoms. The Balaban J connectivity index is -0.000000146. The standard InChI is InChI=1S/C10H20O6.2C6H13O4.2Rf/c1-13-5-9(11)7-15-3-4-16-8-10(12)6-14-2;2*1-9-4-6(8)5-10-3-2-7;;/h9-12H,1-8H2;2*6-8H,1-5H2;;/q-2;2*-1;;. The van der Waals surface area contributed by atoms with E-state index >= 15 is 0 Å². The van der Waals surface area contributed by atoms with Crippen LogP contribution in [0.3, 0.4) is 0 Å². The summed E-state index contributed by atoms with van der Waals surface area (Å²) in [6, 6.07) is 0. The molecule has 0 amide bonds. The Morgan fingerprint density at radius 1 is 0.395 bits per heavy atom. The topological polar surface area (TPSA) is 195 Å². The molecule has 0 heterocycles. The van der Waals surface area contributed by atoms with E-state index in [-0.39, 0.29) is 79.3 Å². The van der Waals surface area contributed by atoms with Gasteiger partial charge >= 0.3 is 0 Å². The molecule has 4 atom stereocenters. The van der Waals surface area contributed by atoms with E-state index in [4.69, 9.17) is 49.6 Å². The van der Waals surface area contributed by atoms with Gasteiger partial charge in [-0.05, 0) is 0 Å². The Morgan fingerprint density at radius 3 is 0.789 bits per heavy atom. The van der Waals surface area contributed by atoms with Crippen LogP contribution in [0.15, 0.2) is 0 Å². The number of hydrogen-bond acceptors (Lipinski definition) is 14. The van der Waals surface area contributed by atoms with Crippen LogP contribution < -0.4 is 0 Å². The number of ether oxygens (including phenoxy) is 8. The summed E-state index contributed by atoms with van der Waals surface area (Å²) >= 11 is 0. The first-order valence-electron chi connectivity index (χ1n) is 11.1. The zero-order chi connectivity index (χ0) is 27.9. The normalized spacial score (nSPS) is 13.4. The van der Waals surface area contributed by atoms with E-state index in [0.717, 1.165) is 0 Å². The number of hydrogen-bond donors (Lipinski definition) is 6. The molecule has 0 aromatic rings.